The standard InChI is InChI=1S/C25H17N3/c1-17-6-7-25-23(12-17)22-4-2-3-5-24(22)28(25)21-14-18(16-26)13-20(15-21)19-8-10-27-11-9-19/h2-15H,1H3. The number of hydrogen-bond acceptors (Lipinski definition) is 2. The quantitative estimate of drug-likeness (QED) is 0.386. The van der Waals surface area contributed by atoms with Gasteiger partial charge in [0, 0.05) is 28.9 Å². The molecule has 0 N–H and O–H groups in total. The van der Waals surface area contributed by atoms with Crippen LogP contribution in [0.4, 0.5) is 0 Å². The van der Waals surface area contributed by atoms with Gasteiger partial charge in [-0.2, -0.15) is 5.26 Å². The van der Waals surface area contributed by atoms with Crippen molar-refractivity contribution >= 4 is 21.8 Å². The molecule has 0 unspecified atom stereocenters. The number of nitriles is 1. The summed E-state index contributed by atoms with van der Waals surface area (Å²) in [4.78, 5) is 4.11. The van der Waals surface area contributed by atoms with E-state index in [0.717, 1.165) is 27.8 Å². The van der Waals surface area contributed by atoms with Crippen LogP contribution in [0.25, 0.3) is 38.6 Å². The first-order valence-corrected chi connectivity index (χ1v) is 9.20. The summed E-state index contributed by atoms with van der Waals surface area (Å²) in [5.74, 6) is 0. The van der Waals surface area contributed by atoms with E-state index in [1.165, 1.54) is 16.3 Å². The van der Waals surface area contributed by atoms with Gasteiger partial charge >= 0.3 is 0 Å². The second-order valence-electron chi connectivity index (χ2n) is 6.99. The van der Waals surface area contributed by atoms with Crippen molar-refractivity contribution in [1.82, 2.24) is 9.55 Å². The number of aryl methyl sites for hydroxylation is 1. The van der Waals surface area contributed by atoms with Gasteiger partial charge in [-0.05, 0) is 66.6 Å². The van der Waals surface area contributed by atoms with E-state index in [4.69, 9.17) is 0 Å². The van der Waals surface area contributed by atoms with Crippen LogP contribution in [0.5, 0.6) is 0 Å². The van der Waals surface area contributed by atoms with Crippen molar-refractivity contribution in [2.75, 3.05) is 0 Å². The minimum atomic E-state index is 0.641. The fraction of sp³-hybridized carbons (Fsp3) is 0.0400. The van der Waals surface area contributed by atoms with Gasteiger partial charge in [-0.3, -0.25) is 4.98 Å². The Morgan fingerprint density at radius 3 is 2.39 bits per heavy atom. The molecule has 3 nitrogen and oxygen atoms in total. The number of rotatable bonds is 2. The summed E-state index contributed by atoms with van der Waals surface area (Å²) in [5.41, 5.74) is 7.20. The maximum atomic E-state index is 9.62. The Balaban J connectivity index is 1.87. The summed E-state index contributed by atoms with van der Waals surface area (Å²) in [7, 11) is 0. The lowest BCUT2D eigenvalue weighted by Gasteiger charge is -2.11. The van der Waals surface area contributed by atoms with Crippen molar-refractivity contribution in [3.8, 4) is 22.9 Å². The van der Waals surface area contributed by atoms with Crippen molar-refractivity contribution in [1.29, 1.82) is 5.26 Å². The Morgan fingerprint density at radius 2 is 1.57 bits per heavy atom. The third-order valence-corrected chi connectivity index (χ3v) is 5.15. The van der Waals surface area contributed by atoms with Gasteiger partial charge in [-0.1, -0.05) is 29.8 Å². The molecule has 0 bridgehead atoms. The predicted molar refractivity (Wildman–Crippen MR) is 113 cm³/mol. The normalized spacial score (nSPS) is 11.0. The summed E-state index contributed by atoms with van der Waals surface area (Å²) in [5, 5.41) is 12.1. The Hall–Kier alpha value is -3.90. The average Bonchev–Trinajstić information content (AvgIpc) is 3.07. The topological polar surface area (TPSA) is 41.6 Å². The van der Waals surface area contributed by atoms with E-state index < -0.39 is 0 Å². The Labute approximate surface area is 163 Å². The second kappa shape index (κ2) is 6.37. The van der Waals surface area contributed by atoms with Crippen LogP contribution in [-0.2, 0) is 0 Å². The summed E-state index contributed by atoms with van der Waals surface area (Å²) >= 11 is 0. The lowest BCUT2D eigenvalue weighted by Crippen LogP contribution is -1.96. The van der Waals surface area contributed by atoms with Gasteiger partial charge < -0.3 is 4.57 Å². The number of hydrogen-bond donors (Lipinski definition) is 0. The molecule has 0 fully saturated rings. The molecule has 28 heavy (non-hydrogen) atoms. The van der Waals surface area contributed by atoms with Crippen molar-refractivity contribution in [3.05, 3.63) is 96.3 Å². The zero-order valence-electron chi connectivity index (χ0n) is 15.4. The largest absolute Gasteiger partial charge is 0.309 e. The molecular formula is C25H17N3. The van der Waals surface area contributed by atoms with Gasteiger partial charge in [0.2, 0.25) is 0 Å². The van der Waals surface area contributed by atoms with E-state index in [-0.39, 0.29) is 0 Å². The highest BCUT2D eigenvalue weighted by atomic mass is 15.0. The lowest BCUT2D eigenvalue weighted by atomic mass is 10.0. The molecule has 0 atom stereocenters. The van der Waals surface area contributed by atoms with E-state index in [1.807, 2.05) is 24.3 Å². The molecule has 132 valence electrons. The van der Waals surface area contributed by atoms with Crippen LogP contribution >= 0.6 is 0 Å². The molecule has 2 heterocycles. The van der Waals surface area contributed by atoms with E-state index in [1.54, 1.807) is 12.4 Å². The Kier molecular flexibility index (Phi) is 3.70. The molecule has 0 aliphatic rings. The van der Waals surface area contributed by atoms with Crippen LogP contribution in [0.15, 0.2) is 85.2 Å². The number of nitrogens with zero attached hydrogens (tertiary/aromatic N) is 3. The zero-order valence-corrected chi connectivity index (χ0v) is 15.4. The Bertz CT molecular complexity index is 1370. The maximum Gasteiger partial charge on any atom is 0.0992 e. The van der Waals surface area contributed by atoms with Crippen LogP contribution in [0.1, 0.15) is 11.1 Å². The molecule has 3 aromatic carbocycles. The van der Waals surface area contributed by atoms with Crippen LogP contribution in [0.2, 0.25) is 0 Å². The van der Waals surface area contributed by atoms with Crippen LogP contribution in [-0.4, -0.2) is 9.55 Å². The highest BCUT2D eigenvalue weighted by molar-refractivity contribution is 6.09. The molecule has 5 rings (SSSR count). The van der Waals surface area contributed by atoms with Crippen LogP contribution < -0.4 is 0 Å². The lowest BCUT2D eigenvalue weighted by molar-refractivity contribution is 1.18. The van der Waals surface area contributed by atoms with Crippen LogP contribution in [0, 0.1) is 18.3 Å². The molecule has 0 aliphatic heterocycles. The second-order valence-corrected chi connectivity index (χ2v) is 6.99. The maximum absolute atomic E-state index is 9.62. The third kappa shape index (κ3) is 2.55. The third-order valence-electron chi connectivity index (χ3n) is 5.15. The minimum absolute atomic E-state index is 0.641. The Morgan fingerprint density at radius 1 is 0.786 bits per heavy atom. The van der Waals surface area contributed by atoms with Crippen molar-refractivity contribution in [2.24, 2.45) is 0 Å². The monoisotopic (exact) mass is 359 g/mol. The molecule has 0 spiro atoms. The van der Waals surface area contributed by atoms with E-state index >= 15 is 0 Å². The molecule has 0 saturated heterocycles. The first kappa shape index (κ1) is 16.3. The summed E-state index contributed by atoms with van der Waals surface area (Å²) in [6.45, 7) is 2.11. The molecule has 5 aromatic rings. The molecule has 0 aliphatic carbocycles. The highest BCUT2D eigenvalue weighted by Gasteiger charge is 2.13. The summed E-state index contributed by atoms with van der Waals surface area (Å²) in [6, 6.07) is 27.2. The van der Waals surface area contributed by atoms with Gasteiger partial charge in [0.15, 0.2) is 0 Å². The van der Waals surface area contributed by atoms with Gasteiger partial charge in [-0.25, -0.2) is 0 Å². The molecule has 0 saturated carbocycles. The van der Waals surface area contributed by atoms with Gasteiger partial charge in [0.05, 0.1) is 22.7 Å². The van der Waals surface area contributed by atoms with E-state index in [0.29, 0.717) is 5.56 Å². The molecular weight excluding hydrogens is 342 g/mol. The van der Waals surface area contributed by atoms with Gasteiger partial charge in [0.25, 0.3) is 0 Å². The summed E-state index contributed by atoms with van der Waals surface area (Å²) < 4.78 is 2.25. The number of pyridine rings is 1. The number of fused-ring (bicyclic) bond motifs is 3. The molecule has 0 radical (unpaired) electrons. The fourth-order valence-electron chi connectivity index (χ4n) is 3.88. The van der Waals surface area contributed by atoms with Crippen molar-refractivity contribution in [3.63, 3.8) is 0 Å². The number of para-hydroxylation sites is 1. The van der Waals surface area contributed by atoms with Crippen molar-refractivity contribution in [2.45, 2.75) is 6.92 Å². The van der Waals surface area contributed by atoms with Gasteiger partial charge in [-0.15, -0.1) is 0 Å². The summed E-state index contributed by atoms with van der Waals surface area (Å²) in [6.07, 6.45) is 3.55. The first-order chi connectivity index (χ1) is 13.7. The van der Waals surface area contributed by atoms with Gasteiger partial charge in [0.1, 0.15) is 0 Å². The average molecular weight is 359 g/mol. The smallest absolute Gasteiger partial charge is 0.0992 e. The molecule has 0 amide bonds. The van der Waals surface area contributed by atoms with E-state index in [2.05, 4.69) is 71.1 Å². The van der Waals surface area contributed by atoms with E-state index in [9.17, 15) is 5.26 Å². The SMILES string of the molecule is Cc1ccc2c(c1)c1ccccc1n2-c1cc(C#N)cc(-c2ccncc2)c1. The highest BCUT2D eigenvalue weighted by Crippen LogP contribution is 2.34. The first-order valence-electron chi connectivity index (χ1n) is 9.20. The fourth-order valence-corrected chi connectivity index (χ4v) is 3.88. The number of aromatic nitrogens is 2. The zero-order chi connectivity index (χ0) is 19.1. The minimum Gasteiger partial charge on any atom is -0.309 e. The number of benzene rings is 3. The molecule has 3 heteroatoms. The predicted octanol–water partition coefficient (Wildman–Crippen LogP) is 6.03. The van der Waals surface area contributed by atoms with Crippen LogP contribution in [0.3, 0.4) is 0 Å². The molecule has 2 aromatic heterocycles. The van der Waals surface area contributed by atoms with Crippen molar-refractivity contribution < 1.29 is 0 Å².